The van der Waals surface area contributed by atoms with E-state index in [4.69, 9.17) is 0 Å². The summed E-state index contributed by atoms with van der Waals surface area (Å²) in [6, 6.07) is 0. The van der Waals surface area contributed by atoms with Gasteiger partial charge in [-0.2, -0.15) is 0 Å². The molecule has 2 rings (SSSR count). The van der Waals surface area contributed by atoms with Crippen LogP contribution in [0.25, 0.3) is 0 Å². The van der Waals surface area contributed by atoms with Crippen LogP contribution in [0.2, 0.25) is 0 Å². The average molecular weight is 148 g/mol. The Balaban J connectivity index is 2.29. The third-order valence-electron chi connectivity index (χ3n) is 2.56. The first-order valence-electron chi connectivity index (χ1n) is 4.26. The fourth-order valence-corrected chi connectivity index (χ4v) is 1.90. The molecule has 11 heavy (non-hydrogen) atoms. The van der Waals surface area contributed by atoms with Crippen molar-refractivity contribution in [1.29, 1.82) is 0 Å². The molecule has 2 aliphatic rings. The van der Waals surface area contributed by atoms with Crippen LogP contribution in [0.15, 0.2) is 24.3 Å². The molecule has 0 aliphatic heterocycles. The number of fused-ring (bicyclic) bond motifs is 2. The van der Waals surface area contributed by atoms with E-state index in [1.54, 1.807) is 0 Å². The summed E-state index contributed by atoms with van der Waals surface area (Å²) in [5.41, 5.74) is 0. The monoisotopic (exact) mass is 148 g/mol. The first kappa shape index (κ1) is 6.84. The number of hydrogen-bond acceptors (Lipinski definition) is 1. The second kappa shape index (κ2) is 2.65. The van der Waals surface area contributed by atoms with Crippen molar-refractivity contribution < 1.29 is 4.79 Å². The number of hydrogen-bond donors (Lipinski definition) is 0. The number of Topliss-reactive ketones (excluding diaryl/α,β-unsaturated/α-hetero) is 1. The molecule has 1 fully saturated rings. The largest absolute Gasteiger partial charge is 0.298 e. The molecule has 2 aliphatic carbocycles. The topological polar surface area (TPSA) is 17.1 Å². The van der Waals surface area contributed by atoms with Gasteiger partial charge >= 0.3 is 0 Å². The van der Waals surface area contributed by atoms with Gasteiger partial charge in [-0.05, 0) is 12.8 Å². The van der Waals surface area contributed by atoms with E-state index in [2.05, 4.69) is 0 Å². The predicted molar refractivity (Wildman–Crippen MR) is 44.1 cm³/mol. The maximum Gasteiger partial charge on any atom is 0.146 e. The fraction of sp³-hybridized carbons (Fsp3) is 0.500. The molecule has 0 aromatic rings. The molecule has 0 spiro atoms. The molecule has 2 atom stereocenters. The Bertz CT molecular complexity index is 203. The Kier molecular flexibility index (Phi) is 1.65. The van der Waals surface area contributed by atoms with Gasteiger partial charge in [0.2, 0.25) is 0 Å². The summed E-state index contributed by atoms with van der Waals surface area (Å²) >= 11 is 0. The van der Waals surface area contributed by atoms with Crippen LogP contribution in [-0.4, -0.2) is 5.78 Å². The Morgan fingerprint density at radius 3 is 2.18 bits per heavy atom. The van der Waals surface area contributed by atoms with Crippen LogP contribution in [0.5, 0.6) is 0 Å². The van der Waals surface area contributed by atoms with Crippen molar-refractivity contribution in [2.24, 2.45) is 11.8 Å². The Morgan fingerprint density at radius 1 is 1.09 bits per heavy atom. The molecule has 1 nitrogen and oxygen atoms in total. The minimum atomic E-state index is 0.226. The highest BCUT2D eigenvalue weighted by Crippen LogP contribution is 2.29. The van der Waals surface area contributed by atoms with E-state index in [1.807, 2.05) is 24.3 Å². The van der Waals surface area contributed by atoms with Crippen molar-refractivity contribution in [3.05, 3.63) is 24.3 Å². The second-order valence-corrected chi connectivity index (χ2v) is 3.32. The average Bonchev–Trinajstić information content (AvgIpc) is 2.17. The van der Waals surface area contributed by atoms with Crippen molar-refractivity contribution in [3.63, 3.8) is 0 Å². The number of allylic oxidation sites excluding steroid dienone is 4. The van der Waals surface area contributed by atoms with Crippen molar-refractivity contribution in [3.8, 4) is 0 Å². The SMILES string of the molecule is O=C1C2C=CC=CC1CCC2. The zero-order chi connectivity index (χ0) is 7.68. The highest BCUT2D eigenvalue weighted by atomic mass is 16.1. The summed E-state index contributed by atoms with van der Waals surface area (Å²) in [7, 11) is 0. The van der Waals surface area contributed by atoms with Crippen LogP contribution < -0.4 is 0 Å². The molecule has 58 valence electrons. The summed E-state index contributed by atoms with van der Waals surface area (Å²) in [6.07, 6.45) is 11.4. The number of rotatable bonds is 0. The lowest BCUT2D eigenvalue weighted by molar-refractivity contribution is -0.125. The van der Waals surface area contributed by atoms with Gasteiger partial charge in [0.1, 0.15) is 5.78 Å². The molecule has 0 aromatic heterocycles. The lowest BCUT2D eigenvalue weighted by Gasteiger charge is -2.22. The molecular weight excluding hydrogens is 136 g/mol. The Hall–Kier alpha value is -0.850. The number of ketones is 1. The zero-order valence-electron chi connectivity index (χ0n) is 6.49. The number of carbonyl (C=O) groups is 1. The van der Waals surface area contributed by atoms with Gasteiger partial charge in [0.25, 0.3) is 0 Å². The Morgan fingerprint density at radius 2 is 1.64 bits per heavy atom. The van der Waals surface area contributed by atoms with E-state index < -0.39 is 0 Å². The van der Waals surface area contributed by atoms with E-state index in [0.29, 0.717) is 5.78 Å². The summed E-state index contributed by atoms with van der Waals surface area (Å²) < 4.78 is 0. The molecule has 1 heteroatoms. The van der Waals surface area contributed by atoms with Crippen LogP contribution in [0.4, 0.5) is 0 Å². The summed E-state index contributed by atoms with van der Waals surface area (Å²) in [5.74, 6) is 0.883. The first-order chi connectivity index (χ1) is 5.38. The van der Waals surface area contributed by atoms with E-state index >= 15 is 0 Å². The molecule has 0 radical (unpaired) electrons. The first-order valence-corrected chi connectivity index (χ1v) is 4.26. The van der Waals surface area contributed by atoms with E-state index in [0.717, 1.165) is 12.8 Å². The molecule has 2 bridgehead atoms. The van der Waals surface area contributed by atoms with Gasteiger partial charge in [0.05, 0.1) is 0 Å². The molecule has 2 unspecified atom stereocenters. The highest BCUT2D eigenvalue weighted by molar-refractivity contribution is 5.87. The van der Waals surface area contributed by atoms with Crippen LogP contribution >= 0.6 is 0 Å². The minimum absolute atomic E-state index is 0.226. The zero-order valence-corrected chi connectivity index (χ0v) is 6.49. The highest BCUT2D eigenvalue weighted by Gasteiger charge is 2.28. The Labute approximate surface area is 66.8 Å². The standard InChI is InChI=1S/C10H12O/c11-10-8-4-1-2-5-9(10)7-3-6-8/h1-2,4-5,8-9H,3,6-7H2. The summed E-state index contributed by atoms with van der Waals surface area (Å²) in [5, 5.41) is 0. The van der Waals surface area contributed by atoms with Gasteiger partial charge in [-0.25, -0.2) is 0 Å². The van der Waals surface area contributed by atoms with Crippen molar-refractivity contribution >= 4 is 5.78 Å². The third-order valence-corrected chi connectivity index (χ3v) is 2.56. The van der Waals surface area contributed by atoms with Crippen molar-refractivity contribution in [2.75, 3.05) is 0 Å². The van der Waals surface area contributed by atoms with E-state index in [-0.39, 0.29) is 11.8 Å². The number of carbonyl (C=O) groups excluding carboxylic acids is 1. The second-order valence-electron chi connectivity index (χ2n) is 3.32. The quantitative estimate of drug-likeness (QED) is 0.514. The lowest BCUT2D eigenvalue weighted by Crippen LogP contribution is -2.24. The molecular formula is C10H12O. The van der Waals surface area contributed by atoms with Gasteiger partial charge in [0, 0.05) is 11.8 Å². The smallest absolute Gasteiger partial charge is 0.146 e. The molecule has 0 N–H and O–H groups in total. The van der Waals surface area contributed by atoms with Crippen LogP contribution in [0.3, 0.4) is 0 Å². The molecule has 0 heterocycles. The lowest BCUT2D eigenvalue weighted by atomic mass is 9.81. The van der Waals surface area contributed by atoms with Gasteiger partial charge in [0.15, 0.2) is 0 Å². The fourth-order valence-electron chi connectivity index (χ4n) is 1.90. The van der Waals surface area contributed by atoms with Crippen LogP contribution in [-0.2, 0) is 4.79 Å². The van der Waals surface area contributed by atoms with Crippen molar-refractivity contribution in [1.82, 2.24) is 0 Å². The van der Waals surface area contributed by atoms with Crippen LogP contribution in [0, 0.1) is 11.8 Å². The summed E-state index contributed by atoms with van der Waals surface area (Å²) in [6.45, 7) is 0. The normalized spacial score (nSPS) is 35.5. The van der Waals surface area contributed by atoms with Gasteiger partial charge in [-0.3, -0.25) is 4.79 Å². The maximum absolute atomic E-state index is 11.5. The van der Waals surface area contributed by atoms with Gasteiger partial charge in [-0.15, -0.1) is 0 Å². The van der Waals surface area contributed by atoms with Crippen molar-refractivity contribution in [2.45, 2.75) is 19.3 Å². The maximum atomic E-state index is 11.5. The van der Waals surface area contributed by atoms with E-state index in [9.17, 15) is 4.79 Å². The molecule has 0 aromatic carbocycles. The molecule has 0 saturated heterocycles. The van der Waals surface area contributed by atoms with Gasteiger partial charge in [-0.1, -0.05) is 30.7 Å². The summed E-state index contributed by atoms with van der Waals surface area (Å²) in [4.78, 5) is 11.5. The predicted octanol–water partition coefficient (Wildman–Crippen LogP) is 2.10. The molecule has 0 amide bonds. The van der Waals surface area contributed by atoms with Gasteiger partial charge < -0.3 is 0 Å². The van der Waals surface area contributed by atoms with E-state index in [1.165, 1.54) is 6.42 Å². The molecule has 1 saturated carbocycles. The third kappa shape index (κ3) is 1.15. The van der Waals surface area contributed by atoms with Crippen LogP contribution in [0.1, 0.15) is 19.3 Å². The minimum Gasteiger partial charge on any atom is -0.298 e.